The Morgan fingerprint density at radius 3 is 2.75 bits per heavy atom. The van der Waals surface area contributed by atoms with Gasteiger partial charge in [-0.1, -0.05) is 12.1 Å². The molecule has 90 valence electrons. The van der Waals surface area contributed by atoms with Gasteiger partial charge < -0.3 is 4.74 Å². The van der Waals surface area contributed by atoms with E-state index in [0.29, 0.717) is 18.0 Å². The second-order valence-corrected chi connectivity index (χ2v) is 4.16. The number of ether oxygens (including phenoxy) is 1. The Morgan fingerprint density at radius 2 is 2.19 bits per heavy atom. The van der Waals surface area contributed by atoms with Gasteiger partial charge in [0.25, 0.3) is 0 Å². The molecule has 0 N–H and O–H groups in total. The van der Waals surface area contributed by atoms with Crippen LogP contribution in [0.5, 0.6) is 5.75 Å². The van der Waals surface area contributed by atoms with Crippen molar-refractivity contribution in [1.29, 1.82) is 0 Å². The first-order valence-corrected chi connectivity index (χ1v) is 5.71. The standard InChI is InChI=1S/C12H17ClFNO/c1-9(7-13)15(2)8-10-5-4-6-11(16-3)12(10)14/h4-6,9H,7-8H2,1-3H3. The summed E-state index contributed by atoms with van der Waals surface area (Å²) in [7, 11) is 3.39. The molecule has 0 fully saturated rings. The van der Waals surface area contributed by atoms with Crippen LogP contribution in [0.15, 0.2) is 18.2 Å². The van der Waals surface area contributed by atoms with E-state index in [0.717, 1.165) is 0 Å². The molecule has 0 saturated carbocycles. The normalized spacial score (nSPS) is 12.9. The van der Waals surface area contributed by atoms with Crippen molar-refractivity contribution in [1.82, 2.24) is 4.90 Å². The lowest BCUT2D eigenvalue weighted by Crippen LogP contribution is -2.30. The summed E-state index contributed by atoms with van der Waals surface area (Å²) >= 11 is 5.75. The number of rotatable bonds is 5. The first-order chi connectivity index (χ1) is 7.60. The van der Waals surface area contributed by atoms with E-state index in [1.54, 1.807) is 18.2 Å². The van der Waals surface area contributed by atoms with Crippen LogP contribution < -0.4 is 4.74 Å². The zero-order valence-corrected chi connectivity index (χ0v) is 10.6. The van der Waals surface area contributed by atoms with Gasteiger partial charge in [0.2, 0.25) is 0 Å². The number of nitrogens with zero attached hydrogens (tertiary/aromatic N) is 1. The maximum Gasteiger partial charge on any atom is 0.169 e. The van der Waals surface area contributed by atoms with Gasteiger partial charge in [-0.25, -0.2) is 4.39 Å². The molecule has 1 rings (SSSR count). The number of halogens is 2. The van der Waals surface area contributed by atoms with E-state index in [1.165, 1.54) is 7.11 Å². The summed E-state index contributed by atoms with van der Waals surface area (Å²) in [6.45, 7) is 2.53. The van der Waals surface area contributed by atoms with Crippen LogP contribution in [-0.2, 0) is 6.54 Å². The quantitative estimate of drug-likeness (QED) is 0.740. The van der Waals surface area contributed by atoms with Gasteiger partial charge in [0.15, 0.2) is 11.6 Å². The molecule has 1 aromatic rings. The van der Waals surface area contributed by atoms with Gasteiger partial charge >= 0.3 is 0 Å². The van der Waals surface area contributed by atoms with E-state index in [-0.39, 0.29) is 17.6 Å². The highest BCUT2D eigenvalue weighted by Crippen LogP contribution is 2.21. The van der Waals surface area contributed by atoms with Crippen LogP contribution in [0.1, 0.15) is 12.5 Å². The fourth-order valence-electron chi connectivity index (χ4n) is 1.38. The Balaban J connectivity index is 2.81. The lowest BCUT2D eigenvalue weighted by Gasteiger charge is -2.23. The molecule has 1 atom stereocenters. The lowest BCUT2D eigenvalue weighted by molar-refractivity contribution is 0.263. The van der Waals surface area contributed by atoms with Crippen molar-refractivity contribution in [3.05, 3.63) is 29.6 Å². The second kappa shape index (κ2) is 6.06. The van der Waals surface area contributed by atoms with Crippen LogP contribution in [0.3, 0.4) is 0 Å². The Morgan fingerprint density at radius 1 is 1.50 bits per heavy atom. The van der Waals surface area contributed by atoms with E-state index >= 15 is 0 Å². The summed E-state index contributed by atoms with van der Waals surface area (Å²) in [5, 5.41) is 0. The van der Waals surface area contributed by atoms with E-state index in [4.69, 9.17) is 16.3 Å². The molecule has 0 amide bonds. The Labute approximate surface area is 101 Å². The highest BCUT2D eigenvalue weighted by Gasteiger charge is 2.13. The first kappa shape index (κ1) is 13.3. The molecule has 0 aromatic heterocycles. The summed E-state index contributed by atoms with van der Waals surface area (Å²) in [6.07, 6.45) is 0. The molecular formula is C12H17ClFNO. The molecule has 0 saturated heterocycles. The molecule has 0 aliphatic heterocycles. The summed E-state index contributed by atoms with van der Waals surface area (Å²) in [5.41, 5.74) is 0.624. The van der Waals surface area contributed by atoms with Crippen LogP contribution >= 0.6 is 11.6 Å². The third-order valence-electron chi connectivity index (χ3n) is 2.66. The third kappa shape index (κ3) is 3.09. The monoisotopic (exact) mass is 245 g/mol. The van der Waals surface area contributed by atoms with Crippen molar-refractivity contribution in [3.8, 4) is 5.75 Å². The lowest BCUT2D eigenvalue weighted by atomic mass is 10.1. The number of hydrogen-bond donors (Lipinski definition) is 0. The zero-order valence-electron chi connectivity index (χ0n) is 9.84. The maximum atomic E-state index is 13.8. The molecule has 1 unspecified atom stereocenters. The van der Waals surface area contributed by atoms with Crippen LogP contribution in [0.2, 0.25) is 0 Å². The second-order valence-electron chi connectivity index (χ2n) is 3.85. The Bertz CT molecular complexity index is 346. The molecule has 2 nitrogen and oxygen atoms in total. The number of hydrogen-bond acceptors (Lipinski definition) is 2. The van der Waals surface area contributed by atoms with Gasteiger partial charge in [-0.15, -0.1) is 11.6 Å². The summed E-state index contributed by atoms with van der Waals surface area (Å²) in [6, 6.07) is 5.38. The smallest absolute Gasteiger partial charge is 0.169 e. The van der Waals surface area contributed by atoms with Crippen LogP contribution in [0.25, 0.3) is 0 Å². The first-order valence-electron chi connectivity index (χ1n) is 5.17. The number of methoxy groups -OCH3 is 1. The van der Waals surface area contributed by atoms with Gasteiger partial charge in [-0.3, -0.25) is 4.90 Å². The van der Waals surface area contributed by atoms with E-state index in [2.05, 4.69) is 0 Å². The Kier molecular flexibility index (Phi) is 5.03. The van der Waals surface area contributed by atoms with Crippen molar-refractivity contribution in [2.75, 3.05) is 20.0 Å². The fourth-order valence-corrected chi connectivity index (χ4v) is 1.61. The SMILES string of the molecule is COc1cccc(CN(C)C(C)CCl)c1F. The van der Waals surface area contributed by atoms with Crippen LogP contribution in [0.4, 0.5) is 4.39 Å². The predicted octanol–water partition coefficient (Wildman–Crippen LogP) is 2.89. The largest absolute Gasteiger partial charge is 0.494 e. The summed E-state index contributed by atoms with van der Waals surface area (Å²) < 4.78 is 18.8. The zero-order chi connectivity index (χ0) is 12.1. The van der Waals surface area contributed by atoms with E-state index in [9.17, 15) is 4.39 Å². The molecule has 4 heteroatoms. The molecule has 0 spiro atoms. The minimum atomic E-state index is -0.293. The van der Waals surface area contributed by atoms with Gasteiger partial charge in [-0.05, 0) is 20.0 Å². The van der Waals surface area contributed by atoms with Gasteiger partial charge in [-0.2, -0.15) is 0 Å². The van der Waals surface area contributed by atoms with E-state index < -0.39 is 0 Å². The van der Waals surface area contributed by atoms with Crippen molar-refractivity contribution in [2.45, 2.75) is 19.5 Å². The minimum Gasteiger partial charge on any atom is -0.494 e. The van der Waals surface area contributed by atoms with Crippen molar-refractivity contribution >= 4 is 11.6 Å². The van der Waals surface area contributed by atoms with Crippen LogP contribution in [-0.4, -0.2) is 31.0 Å². The predicted molar refractivity (Wildman–Crippen MR) is 64.6 cm³/mol. The maximum absolute atomic E-state index is 13.8. The van der Waals surface area contributed by atoms with Crippen molar-refractivity contribution in [2.24, 2.45) is 0 Å². The Hall–Kier alpha value is -0.800. The average Bonchev–Trinajstić information content (AvgIpc) is 2.30. The molecular weight excluding hydrogens is 229 g/mol. The molecule has 0 radical (unpaired) electrons. The summed E-state index contributed by atoms with van der Waals surface area (Å²) in [4.78, 5) is 2.00. The molecule has 0 heterocycles. The van der Waals surface area contributed by atoms with Crippen LogP contribution in [0, 0.1) is 5.82 Å². The molecule has 0 aliphatic rings. The third-order valence-corrected chi connectivity index (χ3v) is 3.11. The van der Waals surface area contributed by atoms with Gasteiger partial charge in [0.1, 0.15) is 0 Å². The number of alkyl halides is 1. The highest BCUT2D eigenvalue weighted by molar-refractivity contribution is 6.18. The minimum absolute atomic E-state index is 0.215. The molecule has 0 aliphatic carbocycles. The van der Waals surface area contributed by atoms with Gasteiger partial charge in [0, 0.05) is 24.0 Å². The van der Waals surface area contributed by atoms with E-state index in [1.807, 2.05) is 18.9 Å². The molecule has 0 bridgehead atoms. The highest BCUT2D eigenvalue weighted by atomic mass is 35.5. The molecule has 16 heavy (non-hydrogen) atoms. The molecule has 1 aromatic carbocycles. The average molecular weight is 246 g/mol. The number of benzene rings is 1. The fraction of sp³-hybridized carbons (Fsp3) is 0.500. The topological polar surface area (TPSA) is 12.5 Å². The van der Waals surface area contributed by atoms with Crippen molar-refractivity contribution in [3.63, 3.8) is 0 Å². The van der Waals surface area contributed by atoms with Gasteiger partial charge in [0.05, 0.1) is 7.11 Å². The summed E-state index contributed by atoms with van der Waals surface area (Å²) in [5.74, 6) is 0.519. The van der Waals surface area contributed by atoms with Crippen molar-refractivity contribution < 1.29 is 9.13 Å².